The maximum absolute atomic E-state index is 13.1. The van der Waals surface area contributed by atoms with Crippen LogP contribution in [-0.2, 0) is 19.2 Å². The first kappa shape index (κ1) is 28.0. The molecule has 1 aliphatic heterocycles. The van der Waals surface area contributed by atoms with E-state index in [0.717, 1.165) is 6.42 Å². The second-order valence-electron chi connectivity index (χ2n) is 9.87. The van der Waals surface area contributed by atoms with E-state index < -0.39 is 29.9 Å². The van der Waals surface area contributed by atoms with E-state index in [-0.39, 0.29) is 36.0 Å². The molecule has 1 aromatic carbocycles. The van der Waals surface area contributed by atoms with Gasteiger partial charge in [0.05, 0.1) is 6.04 Å². The van der Waals surface area contributed by atoms with Crippen LogP contribution in [0, 0.1) is 17.8 Å². The van der Waals surface area contributed by atoms with E-state index in [2.05, 4.69) is 21.3 Å². The van der Waals surface area contributed by atoms with Crippen LogP contribution >= 0.6 is 0 Å². The van der Waals surface area contributed by atoms with E-state index in [1.807, 2.05) is 27.7 Å². The van der Waals surface area contributed by atoms with Crippen molar-refractivity contribution in [3.63, 3.8) is 0 Å². The molecule has 4 amide bonds. The quantitative estimate of drug-likeness (QED) is 0.333. The number of aldehydes is 1. The topological polar surface area (TPSA) is 133 Å². The Morgan fingerprint density at radius 1 is 1.03 bits per heavy atom. The minimum Gasteiger partial charge on any atom is -0.356 e. The van der Waals surface area contributed by atoms with Crippen molar-refractivity contribution in [1.29, 1.82) is 0 Å². The van der Waals surface area contributed by atoms with Gasteiger partial charge in [0.15, 0.2) is 0 Å². The molecular formula is C26H38N4O5. The first-order chi connectivity index (χ1) is 16.6. The molecule has 1 fully saturated rings. The smallest absolute Gasteiger partial charge is 0.251 e. The zero-order chi connectivity index (χ0) is 26.0. The summed E-state index contributed by atoms with van der Waals surface area (Å²) in [4.78, 5) is 62.5. The number of carbonyl (C=O) groups excluding carboxylic acids is 5. The lowest BCUT2D eigenvalue weighted by atomic mass is 9.91. The fraction of sp³-hybridized carbons (Fsp3) is 0.577. The van der Waals surface area contributed by atoms with Gasteiger partial charge < -0.3 is 26.1 Å². The molecule has 4 N–H and O–H groups in total. The average molecular weight is 487 g/mol. The normalized spacial score (nSPS) is 18.2. The molecule has 1 heterocycles. The minimum absolute atomic E-state index is 0.0845. The molecule has 9 heteroatoms. The lowest BCUT2D eigenvalue weighted by molar-refractivity contribution is -0.132. The van der Waals surface area contributed by atoms with Crippen LogP contribution in [0.4, 0.5) is 0 Å². The monoisotopic (exact) mass is 486 g/mol. The molecular weight excluding hydrogens is 448 g/mol. The molecule has 0 radical (unpaired) electrons. The van der Waals surface area contributed by atoms with Gasteiger partial charge in [0, 0.05) is 18.0 Å². The van der Waals surface area contributed by atoms with Crippen molar-refractivity contribution >= 4 is 29.9 Å². The van der Waals surface area contributed by atoms with Gasteiger partial charge in [0.25, 0.3) is 5.91 Å². The van der Waals surface area contributed by atoms with Gasteiger partial charge in [-0.2, -0.15) is 0 Å². The maximum Gasteiger partial charge on any atom is 0.251 e. The lowest BCUT2D eigenvalue weighted by Crippen LogP contribution is -2.57. The summed E-state index contributed by atoms with van der Waals surface area (Å²) in [6.45, 7) is 8.09. The van der Waals surface area contributed by atoms with Crippen molar-refractivity contribution < 1.29 is 24.0 Å². The molecule has 2 rings (SSSR count). The van der Waals surface area contributed by atoms with Crippen LogP contribution in [0.1, 0.15) is 63.7 Å². The van der Waals surface area contributed by atoms with Crippen molar-refractivity contribution in [3.05, 3.63) is 35.9 Å². The van der Waals surface area contributed by atoms with E-state index in [9.17, 15) is 24.0 Å². The van der Waals surface area contributed by atoms with Crippen LogP contribution in [-0.4, -0.2) is 54.6 Å². The fourth-order valence-corrected chi connectivity index (χ4v) is 4.11. The largest absolute Gasteiger partial charge is 0.356 e. The van der Waals surface area contributed by atoms with Crippen LogP contribution in [0.15, 0.2) is 30.3 Å². The summed E-state index contributed by atoms with van der Waals surface area (Å²) in [5, 5.41) is 11.0. The van der Waals surface area contributed by atoms with Crippen LogP contribution in [0.5, 0.6) is 0 Å². The van der Waals surface area contributed by atoms with Crippen molar-refractivity contribution in [2.24, 2.45) is 17.8 Å². The molecule has 0 unspecified atom stereocenters. The Labute approximate surface area is 207 Å². The van der Waals surface area contributed by atoms with Crippen LogP contribution in [0.2, 0.25) is 0 Å². The van der Waals surface area contributed by atoms with E-state index in [4.69, 9.17) is 0 Å². The molecule has 192 valence electrons. The highest BCUT2D eigenvalue weighted by Crippen LogP contribution is 2.17. The molecule has 0 aromatic heterocycles. The Hall–Kier alpha value is -3.23. The zero-order valence-electron chi connectivity index (χ0n) is 21.0. The molecule has 4 atom stereocenters. The van der Waals surface area contributed by atoms with Crippen molar-refractivity contribution in [3.8, 4) is 0 Å². The number of nitrogens with one attached hydrogen (secondary N) is 4. The van der Waals surface area contributed by atoms with Gasteiger partial charge in [-0.15, -0.1) is 0 Å². The summed E-state index contributed by atoms with van der Waals surface area (Å²) < 4.78 is 0. The molecule has 1 aliphatic rings. The lowest BCUT2D eigenvalue weighted by Gasteiger charge is -2.28. The summed E-state index contributed by atoms with van der Waals surface area (Å²) in [5.41, 5.74) is 0.433. The predicted octanol–water partition coefficient (Wildman–Crippen LogP) is 1.57. The van der Waals surface area contributed by atoms with Crippen molar-refractivity contribution in [2.45, 2.75) is 71.5 Å². The van der Waals surface area contributed by atoms with E-state index in [1.54, 1.807) is 30.3 Å². The summed E-state index contributed by atoms with van der Waals surface area (Å²) in [6.07, 6.45) is 2.68. The summed E-state index contributed by atoms with van der Waals surface area (Å²) in [7, 11) is 0. The van der Waals surface area contributed by atoms with E-state index in [0.29, 0.717) is 31.2 Å². The van der Waals surface area contributed by atoms with Crippen LogP contribution in [0.25, 0.3) is 0 Å². The summed E-state index contributed by atoms with van der Waals surface area (Å²) in [5.74, 6) is -1.93. The highest BCUT2D eigenvalue weighted by atomic mass is 16.2. The fourth-order valence-electron chi connectivity index (χ4n) is 4.11. The number of rotatable bonds is 12. The van der Waals surface area contributed by atoms with Crippen LogP contribution in [0.3, 0.4) is 0 Å². The SMILES string of the molecule is CC(C)C[C@H](NC(=O)[C@@H](NC(=O)c1ccccc1)C(C)C)C(=O)N[C@H](C=O)C[C@@H]1CCCNC1=O. The maximum atomic E-state index is 13.1. The number of carbonyl (C=O) groups is 5. The number of piperidine rings is 1. The van der Waals surface area contributed by atoms with Gasteiger partial charge in [-0.1, -0.05) is 45.9 Å². The Kier molecular flexibility index (Phi) is 10.9. The number of benzene rings is 1. The van der Waals surface area contributed by atoms with E-state index in [1.165, 1.54) is 0 Å². The molecule has 0 aliphatic carbocycles. The van der Waals surface area contributed by atoms with Crippen molar-refractivity contribution in [2.75, 3.05) is 6.54 Å². The van der Waals surface area contributed by atoms with Gasteiger partial charge >= 0.3 is 0 Å². The molecule has 0 bridgehead atoms. The molecule has 1 saturated heterocycles. The number of amides is 4. The highest BCUT2D eigenvalue weighted by Gasteiger charge is 2.31. The third-order valence-electron chi connectivity index (χ3n) is 6.04. The number of hydrogen-bond donors (Lipinski definition) is 4. The minimum atomic E-state index is -0.889. The predicted molar refractivity (Wildman–Crippen MR) is 132 cm³/mol. The van der Waals surface area contributed by atoms with Crippen LogP contribution < -0.4 is 21.3 Å². The van der Waals surface area contributed by atoms with E-state index >= 15 is 0 Å². The Morgan fingerprint density at radius 3 is 2.29 bits per heavy atom. The third kappa shape index (κ3) is 8.81. The standard InChI is InChI=1S/C26H38N4O5/c1-16(2)13-21(25(34)28-20(15-31)14-19-11-8-12-27-23(19)32)29-26(35)22(17(3)4)30-24(33)18-9-6-5-7-10-18/h5-7,9-10,15-17,19-22H,8,11-14H2,1-4H3,(H,27,32)(H,28,34)(H,29,35)(H,30,33)/t19-,20-,21-,22-/m0/s1. The Morgan fingerprint density at radius 2 is 1.71 bits per heavy atom. The molecule has 1 aromatic rings. The summed E-state index contributed by atoms with van der Waals surface area (Å²) >= 11 is 0. The van der Waals surface area contributed by atoms with Gasteiger partial charge in [0.2, 0.25) is 17.7 Å². The second-order valence-corrected chi connectivity index (χ2v) is 9.87. The first-order valence-corrected chi connectivity index (χ1v) is 12.3. The highest BCUT2D eigenvalue weighted by molar-refractivity contribution is 5.98. The van der Waals surface area contributed by atoms with Gasteiger partial charge in [-0.25, -0.2) is 0 Å². The Balaban J connectivity index is 2.07. The Bertz CT molecular complexity index is 887. The zero-order valence-corrected chi connectivity index (χ0v) is 21.0. The second kappa shape index (κ2) is 13.6. The molecule has 35 heavy (non-hydrogen) atoms. The van der Waals surface area contributed by atoms with Crippen molar-refractivity contribution in [1.82, 2.24) is 21.3 Å². The van der Waals surface area contributed by atoms with Gasteiger partial charge in [-0.3, -0.25) is 19.2 Å². The van der Waals surface area contributed by atoms with Gasteiger partial charge in [0.1, 0.15) is 18.4 Å². The first-order valence-electron chi connectivity index (χ1n) is 12.3. The third-order valence-corrected chi connectivity index (χ3v) is 6.04. The molecule has 9 nitrogen and oxygen atoms in total. The summed E-state index contributed by atoms with van der Waals surface area (Å²) in [6, 6.07) is 6.02. The molecule has 0 spiro atoms. The number of hydrogen-bond acceptors (Lipinski definition) is 5. The molecule has 0 saturated carbocycles. The average Bonchev–Trinajstić information content (AvgIpc) is 2.82. The van der Waals surface area contributed by atoms with Gasteiger partial charge in [-0.05, 0) is 49.7 Å².